The zero-order valence-corrected chi connectivity index (χ0v) is 15.7. The number of nitrogens with one attached hydrogen (secondary N) is 1. The number of amides is 1. The molecule has 1 saturated heterocycles. The normalized spacial score (nSPS) is 17.2. The Balaban J connectivity index is 2.08. The van der Waals surface area contributed by atoms with Crippen LogP contribution in [0.1, 0.15) is 49.5 Å². The first kappa shape index (κ1) is 19.6. The summed E-state index contributed by atoms with van der Waals surface area (Å²) >= 11 is 0. The molecule has 1 N–H and O–H groups in total. The minimum absolute atomic E-state index is 0.0376. The van der Waals surface area contributed by atoms with Crippen LogP contribution in [0.4, 0.5) is 10.5 Å². The highest BCUT2D eigenvalue weighted by atomic mass is 16.6. The lowest BCUT2D eigenvalue weighted by Crippen LogP contribution is -2.49. The van der Waals surface area contributed by atoms with Gasteiger partial charge < -0.3 is 19.7 Å². The summed E-state index contributed by atoms with van der Waals surface area (Å²) in [6, 6.07) is 7.08. The van der Waals surface area contributed by atoms with Gasteiger partial charge in [-0.1, -0.05) is 0 Å². The van der Waals surface area contributed by atoms with Gasteiger partial charge in [-0.25, -0.2) is 9.59 Å². The van der Waals surface area contributed by atoms with Crippen molar-refractivity contribution in [2.75, 3.05) is 25.1 Å². The number of piperidine rings is 1. The van der Waals surface area contributed by atoms with Crippen molar-refractivity contribution in [2.45, 2.75) is 45.3 Å². The molecule has 1 fully saturated rings. The first-order valence-electron chi connectivity index (χ1n) is 8.60. The Hall–Kier alpha value is -2.75. The fourth-order valence-corrected chi connectivity index (χ4v) is 2.91. The Kier molecular flexibility index (Phi) is 6.09. The van der Waals surface area contributed by atoms with Crippen LogP contribution in [0.15, 0.2) is 18.2 Å². The van der Waals surface area contributed by atoms with Crippen molar-refractivity contribution in [1.82, 2.24) is 5.32 Å². The fourth-order valence-electron chi connectivity index (χ4n) is 2.91. The van der Waals surface area contributed by atoms with E-state index in [1.807, 2.05) is 26.8 Å². The number of carbonyl (C=O) groups is 2. The number of esters is 1. The quantitative estimate of drug-likeness (QED) is 0.835. The molecule has 0 unspecified atom stereocenters. The van der Waals surface area contributed by atoms with Crippen LogP contribution in [0.3, 0.4) is 0 Å². The number of nitrogens with zero attached hydrogens (tertiary/aromatic N) is 2. The molecule has 2 rings (SSSR count). The summed E-state index contributed by atoms with van der Waals surface area (Å²) in [5.41, 5.74) is 0.824. The molecule has 0 aromatic heterocycles. The minimum Gasteiger partial charge on any atom is -0.465 e. The molecule has 1 aromatic carbocycles. The first-order valence-corrected chi connectivity index (χ1v) is 8.60. The lowest BCUT2D eigenvalue weighted by molar-refractivity contribution is 0.0499. The number of benzene rings is 1. The van der Waals surface area contributed by atoms with E-state index in [9.17, 15) is 14.9 Å². The molecular weight excluding hydrogens is 334 g/mol. The summed E-state index contributed by atoms with van der Waals surface area (Å²) < 4.78 is 10.0. The van der Waals surface area contributed by atoms with E-state index in [2.05, 4.69) is 10.2 Å². The van der Waals surface area contributed by atoms with E-state index in [1.54, 1.807) is 18.2 Å². The van der Waals surface area contributed by atoms with E-state index in [0.29, 0.717) is 6.54 Å². The van der Waals surface area contributed by atoms with Crippen molar-refractivity contribution in [3.05, 3.63) is 29.3 Å². The third kappa shape index (κ3) is 5.12. The van der Waals surface area contributed by atoms with E-state index in [-0.39, 0.29) is 17.2 Å². The Morgan fingerprint density at radius 2 is 2.08 bits per heavy atom. The number of methoxy groups -OCH3 is 1. The molecule has 1 atom stereocenters. The molecule has 1 aromatic rings. The summed E-state index contributed by atoms with van der Waals surface area (Å²) in [6.07, 6.45) is 1.34. The maximum absolute atomic E-state index is 12.0. The summed E-state index contributed by atoms with van der Waals surface area (Å²) in [7, 11) is 1.29. The molecule has 140 valence electrons. The van der Waals surface area contributed by atoms with Gasteiger partial charge in [0.25, 0.3) is 0 Å². The zero-order chi connectivity index (χ0) is 19.3. The second-order valence-electron chi connectivity index (χ2n) is 7.26. The largest absolute Gasteiger partial charge is 0.465 e. The van der Waals surface area contributed by atoms with Crippen molar-refractivity contribution >= 4 is 17.7 Å². The Morgan fingerprint density at radius 1 is 1.35 bits per heavy atom. The number of anilines is 1. The molecule has 26 heavy (non-hydrogen) atoms. The van der Waals surface area contributed by atoms with Crippen LogP contribution in [-0.4, -0.2) is 43.9 Å². The first-order chi connectivity index (χ1) is 12.2. The number of carbonyl (C=O) groups excluding carboxylic acids is 2. The minimum atomic E-state index is -0.538. The standard InChI is InChI=1S/C19H25N3O4/c1-19(2,3)26-18(24)21-14-6-5-9-22(12-14)15-7-8-16(17(23)25-4)13(10-15)11-20/h7-8,10,14H,5-6,9,12H2,1-4H3,(H,21,24)/t14-/m1/s1. The predicted octanol–water partition coefficient (Wildman–Crippen LogP) is 2.84. The topological polar surface area (TPSA) is 91.7 Å². The van der Waals surface area contributed by atoms with Gasteiger partial charge in [-0.05, 0) is 51.8 Å². The lowest BCUT2D eigenvalue weighted by atomic mass is 10.0. The molecule has 7 nitrogen and oxygen atoms in total. The van der Waals surface area contributed by atoms with Gasteiger partial charge in [0.15, 0.2) is 0 Å². The smallest absolute Gasteiger partial charge is 0.407 e. The number of rotatable bonds is 3. The summed E-state index contributed by atoms with van der Waals surface area (Å²) in [5, 5.41) is 12.2. The Bertz CT molecular complexity index is 718. The molecule has 1 aliphatic rings. The monoisotopic (exact) mass is 359 g/mol. The van der Waals surface area contributed by atoms with Crippen LogP contribution in [-0.2, 0) is 9.47 Å². The summed E-state index contributed by atoms with van der Waals surface area (Å²) in [6.45, 7) is 6.90. The predicted molar refractivity (Wildman–Crippen MR) is 97.1 cm³/mol. The van der Waals surface area contributed by atoms with E-state index < -0.39 is 17.7 Å². The van der Waals surface area contributed by atoms with Gasteiger partial charge in [0.2, 0.25) is 0 Å². The van der Waals surface area contributed by atoms with Gasteiger partial charge in [-0.3, -0.25) is 0 Å². The third-order valence-corrected chi connectivity index (χ3v) is 4.04. The van der Waals surface area contributed by atoms with Crippen LogP contribution in [0.25, 0.3) is 0 Å². The maximum Gasteiger partial charge on any atom is 0.407 e. The average molecular weight is 359 g/mol. The van der Waals surface area contributed by atoms with Crippen molar-refractivity contribution in [3.8, 4) is 6.07 Å². The van der Waals surface area contributed by atoms with E-state index in [0.717, 1.165) is 25.1 Å². The zero-order valence-electron chi connectivity index (χ0n) is 15.7. The lowest BCUT2D eigenvalue weighted by Gasteiger charge is -2.35. The molecule has 0 radical (unpaired) electrons. The van der Waals surface area contributed by atoms with Gasteiger partial charge >= 0.3 is 12.1 Å². The van der Waals surface area contributed by atoms with Crippen LogP contribution < -0.4 is 10.2 Å². The van der Waals surface area contributed by atoms with Gasteiger partial charge in [-0.15, -0.1) is 0 Å². The van der Waals surface area contributed by atoms with Gasteiger partial charge in [0.05, 0.1) is 18.2 Å². The summed E-state index contributed by atoms with van der Waals surface area (Å²) in [5.74, 6) is -0.531. The van der Waals surface area contributed by atoms with E-state index in [1.165, 1.54) is 7.11 Å². The average Bonchev–Trinajstić information content (AvgIpc) is 2.59. The van der Waals surface area contributed by atoms with Gasteiger partial charge in [0.1, 0.15) is 11.7 Å². The molecule has 0 aliphatic carbocycles. The fraction of sp³-hybridized carbons (Fsp3) is 0.526. The molecule has 0 bridgehead atoms. The van der Waals surface area contributed by atoms with Crippen molar-refractivity contribution in [3.63, 3.8) is 0 Å². The van der Waals surface area contributed by atoms with Gasteiger partial charge in [-0.2, -0.15) is 5.26 Å². The van der Waals surface area contributed by atoms with E-state index in [4.69, 9.17) is 9.47 Å². The van der Waals surface area contributed by atoms with Crippen LogP contribution in [0.5, 0.6) is 0 Å². The molecule has 1 aliphatic heterocycles. The second kappa shape index (κ2) is 8.09. The number of ether oxygens (including phenoxy) is 2. The molecule has 1 heterocycles. The van der Waals surface area contributed by atoms with Crippen LogP contribution >= 0.6 is 0 Å². The molecule has 0 spiro atoms. The van der Waals surface area contributed by atoms with Crippen molar-refractivity contribution in [2.24, 2.45) is 0 Å². The Morgan fingerprint density at radius 3 is 2.69 bits per heavy atom. The van der Waals surface area contributed by atoms with Gasteiger partial charge in [0, 0.05) is 24.8 Å². The van der Waals surface area contributed by atoms with Crippen LogP contribution in [0, 0.1) is 11.3 Å². The highest BCUT2D eigenvalue weighted by molar-refractivity contribution is 5.92. The molecule has 1 amide bonds. The highest BCUT2D eigenvalue weighted by Crippen LogP contribution is 2.24. The molecule has 7 heteroatoms. The highest BCUT2D eigenvalue weighted by Gasteiger charge is 2.25. The number of hydrogen-bond donors (Lipinski definition) is 1. The SMILES string of the molecule is COC(=O)c1ccc(N2CCC[C@@H](NC(=O)OC(C)(C)C)C2)cc1C#N. The third-order valence-electron chi connectivity index (χ3n) is 4.04. The van der Waals surface area contributed by atoms with Crippen molar-refractivity contribution < 1.29 is 19.1 Å². The number of nitriles is 1. The second-order valence-corrected chi connectivity index (χ2v) is 7.26. The maximum atomic E-state index is 12.0. The number of alkyl carbamates (subject to hydrolysis) is 1. The van der Waals surface area contributed by atoms with Crippen LogP contribution in [0.2, 0.25) is 0 Å². The molecule has 0 saturated carbocycles. The number of hydrogen-bond acceptors (Lipinski definition) is 6. The molecular formula is C19H25N3O4. The van der Waals surface area contributed by atoms with Crippen molar-refractivity contribution in [1.29, 1.82) is 5.26 Å². The van der Waals surface area contributed by atoms with E-state index >= 15 is 0 Å². The Labute approximate surface area is 153 Å². The summed E-state index contributed by atoms with van der Waals surface area (Å²) in [4.78, 5) is 25.8.